The van der Waals surface area contributed by atoms with E-state index in [9.17, 15) is 29.4 Å². The van der Waals surface area contributed by atoms with Crippen molar-refractivity contribution in [1.82, 2.24) is 15.5 Å². The molecule has 2 aliphatic rings. The number of fused-ring (bicyclic) bond motifs is 1. The van der Waals surface area contributed by atoms with E-state index in [0.29, 0.717) is 16.9 Å². The van der Waals surface area contributed by atoms with E-state index < -0.39 is 51.9 Å². The van der Waals surface area contributed by atoms with E-state index in [1.165, 1.54) is 48.0 Å². The maximum absolute atomic E-state index is 13.3. The average molecular weight is 556 g/mol. The molecular weight excluding hydrogens is 526 g/mol. The Morgan fingerprint density at radius 2 is 1.90 bits per heavy atom. The second kappa shape index (κ2) is 10.8. The Morgan fingerprint density at radius 3 is 2.54 bits per heavy atom. The Morgan fingerprint density at radius 1 is 1.21 bits per heavy atom. The van der Waals surface area contributed by atoms with Gasteiger partial charge in [0.05, 0.1) is 7.11 Å². The Hall–Kier alpha value is -4.26. The van der Waals surface area contributed by atoms with Crippen molar-refractivity contribution in [3.63, 3.8) is 0 Å². The highest BCUT2D eigenvalue weighted by molar-refractivity contribution is 8.01. The predicted octanol–water partition coefficient (Wildman–Crippen LogP) is 0.595. The number of phenolic OH excluding ortho intramolecular Hbond substituents is 1. The third kappa shape index (κ3) is 5.62. The van der Waals surface area contributed by atoms with Crippen LogP contribution in [0, 0.1) is 0 Å². The molecule has 2 aliphatic heterocycles. The number of nitrogens with one attached hydrogen (secondary N) is 2. The molecule has 12 nitrogen and oxygen atoms in total. The first-order chi connectivity index (χ1) is 18.4. The van der Waals surface area contributed by atoms with Gasteiger partial charge < -0.3 is 36.2 Å². The van der Waals surface area contributed by atoms with E-state index in [0.717, 1.165) is 0 Å². The zero-order valence-electron chi connectivity index (χ0n) is 21.5. The van der Waals surface area contributed by atoms with Crippen LogP contribution in [-0.2, 0) is 19.2 Å². The summed E-state index contributed by atoms with van der Waals surface area (Å²) in [6.45, 7) is 3.09. The van der Waals surface area contributed by atoms with E-state index in [2.05, 4.69) is 15.6 Å². The number of thioether (sulfide) groups is 1. The van der Waals surface area contributed by atoms with Crippen molar-refractivity contribution in [3.8, 4) is 11.5 Å². The Labute approximate surface area is 228 Å². The molecule has 4 rings (SSSR count). The largest absolute Gasteiger partial charge is 0.508 e. The van der Waals surface area contributed by atoms with Crippen LogP contribution in [0.3, 0.4) is 0 Å². The number of carboxylic acids is 1. The zero-order valence-corrected chi connectivity index (χ0v) is 22.3. The monoisotopic (exact) mass is 555 g/mol. The molecular formula is C26H29N5O7S. The fraction of sp³-hybridized carbons (Fsp3) is 0.346. The number of aliphatic imine (C=N–C) groups is 1. The van der Waals surface area contributed by atoms with Crippen LogP contribution in [0.4, 0.5) is 0 Å². The number of nitrogens with two attached hydrogens (primary N) is 1. The van der Waals surface area contributed by atoms with Gasteiger partial charge in [-0.15, -0.1) is 11.8 Å². The maximum atomic E-state index is 13.3. The van der Waals surface area contributed by atoms with Crippen LogP contribution in [0.2, 0.25) is 0 Å². The van der Waals surface area contributed by atoms with Gasteiger partial charge in [0.1, 0.15) is 47.4 Å². The first-order valence-electron chi connectivity index (χ1n) is 12.0. The lowest BCUT2D eigenvalue weighted by molar-refractivity contribution is -0.161. The molecule has 1 unspecified atom stereocenters. The van der Waals surface area contributed by atoms with Crippen molar-refractivity contribution >= 4 is 41.3 Å². The third-order valence-corrected chi connectivity index (χ3v) is 8.10. The fourth-order valence-electron chi connectivity index (χ4n) is 4.59. The molecule has 2 aromatic carbocycles. The molecule has 6 N–H and O–H groups in total. The standard InChI is InChI=1S/C26H29N5O7S/c1-26(2)20(25(36)37)31-23(35)19(24(31)39-26)30-22(34)18(13-7-9-15(32)10-8-13)29-17(33)12-28-21(27)14-5-4-6-16(11-14)38-3/h4-11,18-20,24,32H,12H2,1-3H3,(H2,27,28)(H,29,33)(H,30,34)(H,36,37)/t18?,19-,20+,24-/m1/s1. The molecule has 206 valence electrons. The summed E-state index contributed by atoms with van der Waals surface area (Å²) in [6, 6.07) is 9.32. The molecule has 0 radical (unpaired) electrons. The molecule has 2 saturated heterocycles. The molecule has 0 spiro atoms. The second-order valence-electron chi connectivity index (χ2n) is 9.61. The van der Waals surface area contributed by atoms with Crippen LogP contribution in [0.1, 0.15) is 31.0 Å². The summed E-state index contributed by atoms with van der Waals surface area (Å²) >= 11 is 1.29. The molecule has 39 heavy (non-hydrogen) atoms. The summed E-state index contributed by atoms with van der Waals surface area (Å²) in [5.41, 5.74) is 6.93. The number of aliphatic carboxylic acids is 1. The Kier molecular flexibility index (Phi) is 7.72. The topological polar surface area (TPSA) is 184 Å². The van der Waals surface area contributed by atoms with E-state index in [-0.39, 0.29) is 18.1 Å². The number of β-lactam (4-membered cyclic amide) rings is 1. The maximum Gasteiger partial charge on any atom is 0.327 e. The molecule has 2 heterocycles. The molecule has 3 amide bonds. The lowest BCUT2D eigenvalue weighted by Gasteiger charge is -2.44. The number of carbonyl (C=O) groups is 4. The van der Waals surface area contributed by atoms with Crippen molar-refractivity contribution in [2.24, 2.45) is 10.7 Å². The van der Waals surface area contributed by atoms with Gasteiger partial charge in [0, 0.05) is 10.3 Å². The van der Waals surface area contributed by atoms with Crippen molar-refractivity contribution < 1.29 is 34.1 Å². The van der Waals surface area contributed by atoms with Gasteiger partial charge in [-0.2, -0.15) is 0 Å². The molecule has 0 aromatic heterocycles. The van der Waals surface area contributed by atoms with Gasteiger partial charge in [-0.1, -0.05) is 24.3 Å². The summed E-state index contributed by atoms with van der Waals surface area (Å²) < 4.78 is 4.41. The number of methoxy groups -OCH3 is 1. The highest BCUT2D eigenvalue weighted by atomic mass is 32.2. The number of hydrogen-bond donors (Lipinski definition) is 5. The van der Waals surface area contributed by atoms with E-state index in [4.69, 9.17) is 10.5 Å². The van der Waals surface area contributed by atoms with Gasteiger partial charge >= 0.3 is 5.97 Å². The summed E-state index contributed by atoms with van der Waals surface area (Å²) in [5, 5.41) is 24.0. The van der Waals surface area contributed by atoms with Crippen molar-refractivity contribution in [3.05, 3.63) is 59.7 Å². The number of phenols is 1. The average Bonchev–Trinajstić information content (AvgIpc) is 3.17. The molecule has 2 fully saturated rings. The van der Waals surface area contributed by atoms with E-state index in [1.807, 2.05) is 0 Å². The second-order valence-corrected chi connectivity index (χ2v) is 11.4. The molecule has 2 aromatic rings. The number of aromatic hydroxyl groups is 1. The number of benzene rings is 2. The quantitative estimate of drug-likeness (QED) is 0.168. The van der Waals surface area contributed by atoms with Crippen molar-refractivity contribution in [2.45, 2.75) is 42.1 Å². The number of carbonyl (C=O) groups excluding carboxylic acids is 3. The first kappa shape index (κ1) is 27.8. The van der Waals surface area contributed by atoms with Crippen LogP contribution >= 0.6 is 11.8 Å². The van der Waals surface area contributed by atoms with Crippen molar-refractivity contribution in [1.29, 1.82) is 0 Å². The minimum Gasteiger partial charge on any atom is -0.508 e. The minimum absolute atomic E-state index is 0.0333. The SMILES string of the molecule is COc1cccc(C(N)=NCC(=O)NC(C(=O)N[C@@H]2C(=O)N3[C@@H]2SC(C)(C)[C@@H]3C(=O)O)c2ccc(O)cc2)c1. The Balaban J connectivity index is 1.48. The van der Waals surface area contributed by atoms with Gasteiger partial charge in [0.25, 0.3) is 0 Å². The normalized spacial score (nSPS) is 22.3. The zero-order chi connectivity index (χ0) is 28.5. The highest BCUT2D eigenvalue weighted by Gasteiger charge is 2.64. The first-order valence-corrected chi connectivity index (χ1v) is 12.9. The van der Waals surface area contributed by atoms with Crippen LogP contribution < -0.4 is 21.1 Å². The number of amides is 3. The van der Waals surface area contributed by atoms with E-state index >= 15 is 0 Å². The molecule has 4 atom stereocenters. The van der Waals surface area contributed by atoms with Gasteiger partial charge in [-0.05, 0) is 43.7 Å². The molecule has 0 saturated carbocycles. The van der Waals surface area contributed by atoms with Crippen LogP contribution in [0.15, 0.2) is 53.5 Å². The third-order valence-electron chi connectivity index (χ3n) is 6.53. The number of rotatable bonds is 9. The number of carboxylic acid groups (broad SMARTS) is 1. The van der Waals surface area contributed by atoms with Crippen LogP contribution in [0.5, 0.6) is 11.5 Å². The van der Waals surface area contributed by atoms with Crippen molar-refractivity contribution in [2.75, 3.05) is 13.7 Å². The number of amidine groups is 1. The highest BCUT2D eigenvalue weighted by Crippen LogP contribution is 2.50. The fourth-order valence-corrected chi connectivity index (χ4v) is 6.21. The van der Waals surface area contributed by atoms with E-state index in [1.54, 1.807) is 38.1 Å². The number of hydrogen-bond acceptors (Lipinski definition) is 8. The summed E-state index contributed by atoms with van der Waals surface area (Å²) in [7, 11) is 1.51. The predicted molar refractivity (Wildman–Crippen MR) is 143 cm³/mol. The van der Waals surface area contributed by atoms with Crippen LogP contribution in [0.25, 0.3) is 0 Å². The number of nitrogens with zero attached hydrogens (tertiary/aromatic N) is 2. The minimum atomic E-state index is -1.22. The lowest BCUT2D eigenvalue weighted by atomic mass is 9.95. The molecule has 13 heteroatoms. The lowest BCUT2D eigenvalue weighted by Crippen LogP contribution is -2.71. The summed E-state index contributed by atoms with van der Waals surface area (Å²) in [4.78, 5) is 56.1. The summed E-state index contributed by atoms with van der Waals surface area (Å²) in [6.07, 6.45) is 0. The molecule has 0 aliphatic carbocycles. The number of ether oxygens (including phenoxy) is 1. The van der Waals surface area contributed by atoms with Gasteiger partial charge in [0.2, 0.25) is 17.7 Å². The van der Waals surface area contributed by atoms with Gasteiger partial charge in [-0.3, -0.25) is 19.4 Å². The van der Waals surface area contributed by atoms with Gasteiger partial charge in [-0.25, -0.2) is 4.79 Å². The molecule has 0 bridgehead atoms. The smallest absolute Gasteiger partial charge is 0.327 e. The van der Waals surface area contributed by atoms with Gasteiger partial charge in [0.15, 0.2) is 0 Å². The van der Waals surface area contributed by atoms with Crippen LogP contribution in [-0.4, -0.2) is 80.5 Å². The summed E-state index contributed by atoms with van der Waals surface area (Å²) in [5.74, 6) is -2.27. The Bertz CT molecular complexity index is 1330.